The Morgan fingerprint density at radius 3 is 3.00 bits per heavy atom. The van der Waals surface area contributed by atoms with Crippen LogP contribution in [0.1, 0.15) is 17.2 Å². The highest BCUT2D eigenvalue weighted by Crippen LogP contribution is 2.34. The summed E-state index contributed by atoms with van der Waals surface area (Å²) in [6.45, 7) is 1.41. The largest absolute Gasteiger partial charge is 0.347 e. The second kappa shape index (κ2) is 5.15. The molecule has 1 aliphatic heterocycles. The number of hydrogen-bond donors (Lipinski definition) is 1. The predicted molar refractivity (Wildman–Crippen MR) is 76.3 cm³/mol. The summed E-state index contributed by atoms with van der Waals surface area (Å²) in [5, 5.41) is 0.570. The van der Waals surface area contributed by atoms with Crippen LogP contribution in [0.4, 0.5) is 5.82 Å². The Labute approximate surface area is 117 Å². The van der Waals surface area contributed by atoms with Gasteiger partial charge in [-0.1, -0.05) is 35.9 Å². The van der Waals surface area contributed by atoms with Crippen molar-refractivity contribution < 1.29 is 0 Å². The van der Waals surface area contributed by atoms with Crippen LogP contribution in [0.3, 0.4) is 0 Å². The lowest BCUT2D eigenvalue weighted by Crippen LogP contribution is -2.40. The predicted octanol–water partition coefficient (Wildman–Crippen LogP) is 2.19. The minimum absolute atomic E-state index is 0.123. The molecule has 0 saturated heterocycles. The third-order valence-electron chi connectivity index (χ3n) is 3.56. The summed E-state index contributed by atoms with van der Waals surface area (Å²) in [5.41, 5.74) is 8.60. The van der Waals surface area contributed by atoms with E-state index in [9.17, 15) is 0 Å². The number of benzene rings is 1. The molecular weight excluding hydrogens is 260 g/mol. The van der Waals surface area contributed by atoms with E-state index in [1.165, 1.54) is 17.5 Å². The number of halogens is 1. The molecule has 19 heavy (non-hydrogen) atoms. The van der Waals surface area contributed by atoms with Crippen molar-refractivity contribution in [3.05, 3.63) is 52.9 Å². The highest BCUT2D eigenvalue weighted by Gasteiger charge is 2.28. The zero-order valence-electron chi connectivity index (χ0n) is 10.5. The van der Waals surface area contributed by atoms with Crippen LogP contribution in [0, 0.1) is 0 Å². The minimum atomic E-state index is 0.123. The third kappa shape index (κ3) is 2.17. The van der Waals surface area contributed by atoms with Gasteiger partial charge in [-0.2, -0.15) is 0 Å². The fraction of sp³-hybridized carbons (Fsp3) is 0.286. The van der Waals surface area contributed by atoms with Gasteiger partial charge >= 0.3 is 0 Å². The van der Waals surface area contributed by atoms with E-state index in [2.05, 4.69) is 33.1 Å². The molecule has 0 spiro atoms. The molecule has 2 aromatic rings. The van der Waals surface area contributed by atoms with Gasteiger partial charge in [-0.3, -0.25) is 0 Å². The summed E-state index contributed by atoms with van der Waals surface area (Å²) in [6.07, 6.45) is 4.13. The maximum absolute atomic E-state index is 6.20. The van der Waals surface area contributed by atoms with Crippen molar-refractivity contribution >= 4 is 17.4 Å². The smallest absolute Gasteiger partial charge is 0.151 e. The zero-order valence-corrected chi connectivity index (χ0v) is 11.2. The first-order valence-corrected chi connectivity index (χ1v) is 6.69. The molecule has 0 bridgehead atoms. The first-order chi connectivity index (χ1) is 9.31. The molecule has 5 heteroatoms. The van der Waals surface area contributed by atoms with E-state index < -0.39 is 0 Å². The van der Waals surface area contributed by atoms with Gasteiger partial charge in [-0.05, 0) is 17.5 Å². The van der Waals surface area contributed by atoms with E-state index in [1.54, 1.807) is 6.20 Å². The van der Waals surface area contributed by atoms with Gasteiger partial charge in [0.1, 0.15) is 11.3 Å². The van der Waals surface area contributed by atoms with Crippen molar-refractivity contribution in [2.45, 2.75) is 12.5 Å². The Hall–Kier alpha value is -1.65. The molecule has 98 valence electrons. The average molecular weight is 275 g/mol. The normalized spacial score (nSPS) is 18.2. The van der Waals surface area contributed by atoms with Crippen LogP contribution in [-0.2, 0) is 6.42 Å². The molecule has 4 nitrogen and oxygen atoms in total. The van der Waals surface area contributed by atoms with Crippen molar-refractivity contribution in [1.29, 1.82) is 0 Å². The molecule has 2 N–H and O–H groups in total. The summed E-state index contributed by atoms with van der Waals surface area (Å²) in [6, 6.07) is 8.54. The lowest BCUT2D eigenvalue weighted by molar-refractivity contribution is 0.583. The number of fused-ring (bicyclic) bond motifs is 1. The van der Waals surface area contributed by atoms with Gasteiger partial charge < -0.3 is 10.6 Å². The number of nitrogens with two attached hydrogens (primary N) is 1. The molecular formula is C14H15ClN4. The van der Waals surface area contributed by atoms with Crippen LogP contribution in [0.2, 0.25) is 5.02 Å². The highest BCUT2D eigenvalue weighted by molar-refractivity contribution is 6.32. The molecule has 1 aromatic carbocycles. The van der Waals surface area contributed by atoms with E-state index in [-0.39, 0.29) is 6.04 Å². The topological polar surface area (TPSA) is 55.0 Å². The average Bonchev–Trinajstić information content (AvgIpc) is 2.46. The Kier molecular flexibility index (Phi) is 3.36. The van der Waals surface area contributed by atoms with Gasteiger partial charge in [0.15, 0.2) is 5.82 Å². The van der Waals surface area contributed by atoms with Crippen LogP contribution in [0.25, 0.3) is 0 Å². The van der Waals surface area contributed by atoms with Crippen LogP contribution < -0.4 is 10.6 Å². The van der Waals surface area contributed by atoms with Crippen molar-refractivity contribution in [1.82, 2.24) is 9.97 Å². The lowest BCUT2D eigenvalue weighted by atomic mass is 9.92. The maximum Gasteiger partial charge on any atom is 0.151 e. The number of aromatic nitrogens is 2. The van der Waals surface area contributed by atoms with Gasteiger partial charge in [0.05, 0.1) is 12.2 Å². The van der Waals surface area contributed by atoms with Crippen molar-refractivity contribution in [3.63, 3.8) is 0 Å². The molecule has 0 radical (unpaired) electrons. The number of nitrogens with zero attached hydrogens (tertiary/aromatic N) is 3. The lowest BCUT2D eigenvalue weighted by Gasteiger charge is -2.37. The van der Waals surface area contributed by atoms with E-state index in [0.717, 1.165) is 18.8 Å². The van der Waals surface area contributed by atoms with Gasteiger partial charge in [0.2, 0.25) is 0 Å². The van der Waals surface area contributed by atoms with Gasteiger partial charge in [-0.15, -0.1) is 0 Å². The van der Waals surface area contributed by atoms with Crippen molar-refractivity contribution in [3.8, 4) is 0 Å². The van der Waals surface area contributed by atoms with Crippen LogP contribution in [-0.4, -0.2) is 23.1 Å². The monoisotopic (exact) mass is 274 g/mol. The number of anilines is 1. The summed E-state index contributed by atoms with van der Waals surface area (Å²) < 4.78 is 0. The molecule has 0 amide bonds. The summed E-state index contributed by atoms with van der Waals surface area (Å²) in [5.74, 6) is 0.765. The second-order valence-corrected chi connectivity index (χ2v) is 5.00. The Morgan fingerprint density at radius 2 is 2.21 bits per heavy atom. The molecule has 1 unspecified atom stereocenters. The molecule has 1 atom stereocenters. The van der Waals surface area contributed by atoms with Gasteiger partial charge in [-0.25, -0.2) is 9.97 Å². The third-order valence-corrected chi connectivity index (χ3v) is 3.82. The zero-order chi connectivity index (χ0) is 13.2. The quantitative estimate of drug-likeness (QED) is 0.912. The molecule has 1 aromatic heterocycles. The molecule has 2 heterocycles. The number of hydrogen-bond acceptors (Lipinski definition) is 4. The molecule has 0 aliphatic carbocycles. The molecule has 1 aliphatic rings. The summed E-state index contributed by atoms with van der Waals surface area (Å²) >= 11 is 6.20. The summed E-state index contributed by atoms with van der Waals surface area (Å²) in [4.78, 5) is 10.4. The van der Waals surface area contributed by atoms with E-state index >= 15 is 0 Å². The van der Waals surface area contributed by atoms with Crippen LogP contribution >= 0.6 is 11.6 Å². The first-order valence-electron chi connectivity index (χ1n) is 6.31. The molecule has 0 fully saturated rings. The minimum Gasteiger partial charge on any atom is -0.347 e. The Balaban J connectivity index is 2.03. The number of rotatable bonds is 2. The fourth-order valence-electron chi connectivity index (χ4n) is 2.68. The Bertz CT molecular complexity index is 587. The SMILES string of the molecule is NCC1c2ccccc2CCN1c1ncncc1Cl. The summed E-state index contributed by atoms with van der Waals surface area (Å²) in [7, 11) is 0. The van der Waals surface area contributed by atoms with Gasteiger partial charge in [0, 0.05) is 13.1 Å². The van der Waals surface area contributed by atoms with Crippen molar-refractivity contribution in [2.24, 2.45) is 5.73 Å². The molecule has 3 rings (SSSR count). The maximum atomic E-state index is 6.20. The second-order valence-electron chi connectivity index (χ2n) is 4.59. The van der Waals surface area contributed by atoms with Crippen molar-refractivity contribution in [2.75, 3.05) is 18.0 Å². The van der Waals surface area contributed by atoms with Gasteiger partial charge in [0.25, 0.3) is 0 Å². The fourth-order valence-corrected chi connectivity index (χ4v) is 2.89. The molecule has 0 saturated carbocycles. The first kappa shape index (κ1) is 12.4. The van der Waals surface area contributed by atoms with Crippen LogP contribution in [0.15, 0.2) is 36.8 Å². The van der Waals surface area contributed by atoms with E-state index in [1.807, 2.05) is 6.07 Å². The highest BCUT2D eigenvalue weighted by atomic mass is 35.5. The standard InChI is InChI=1S/C14H15ClN4/c15-12-8-17-9-18-14(12)19-6-5-10-3-1-2-4-11(10)13(19)7-16/h1-4,8-9,13H,5-7,16H2. The van der Waals surface area contributed by atoms with E-state index in [0.29, 0.717) is 11.6 Å². The van der Waals surface area contributed by atoms with Crippen LogP contribution in [0.5, 0.6) is 0 Å². The Morgan fingerprint density at radius 1 is 1.37 bits per heavy atom. The van der Waals surface area contributed by atoms with E-state index in [4.69, 9.17) is 17.3 Å².